The molecule has 0 aliphatic carbocycles. The quantitative estimate of drug-likeness (QED) is 0.816. The number of benzene rings is 1. The van der Waals surface area contributed by atoms with Gasteiger partial charge in [0.15, 0.2) is 0 Å². The topological polar surface area (TPSA) is 24.9 Å². The SMILES string of the molecule is CCNc1ncccc1CSc1ccccc1Br. The summed E-state index contributed by atoms with van der Waals surface area (Å²) in [6.07, 6.45) is 1.82. The van der Waals surface area contributed by atoms with Crippen LogP contribution in [0, 0.1) is 0 Å². The number of anilines is 1. The first kappa shape index (κ1) is 13.4. The van der Waals surface area contributed by atoms with Gasteiger partial charge in [0.25, 0.3) is 0 Å². The number of nitrogens with zero attached hydrogens (tertiary/aromatic N) is 1. The first-order valence-corrected chi connectivity index (χ1v) is 7.64. The highest BCUT2D eigenvalue weighted by atomic mass is 79.9. The number of hydrogen-bond acceptors (Lipinski definition) is 3. The van der Waals surface area contributed by atoms with Crippen LogP contribution in [0.1, 0.15) is 12.5 Å². The van der Waals surface area contributed by atoms with Gasteiger partial charge in [-0.2, -0.15) is 0 Å². The lowest BCUT2D eigenvalue weighted by Crippen LogP contribution is -2.02. The van der Waals surface area contributed by atoms with Crippen molar-refractivity contribution in [2.24, 2.45) is 0 Å². The summed E-state index contributed by atoms with van der Waals surface area (Å²) < 4.78 is 1.14. The third kappa shape index (κ3) is 3.50. The summed E-state index contributed by atoms with van der Waals surface area (Å²) in [6.45, 7) is 2.98. The van der Waals surface area contributed by atoms with E-state index in [0.29, 0.717) is 0 Å². The highest BCUT2D eigenvalue weighted by Crippen LogP contribution is 2.30. The Balaban J connectivity index is 2.08. The summed E-state index contributed by atoms with van der Waals surface area (Å²) in [5, 5.41) is 3.29. The van der Waals surface area contributed by atoms with Crippen molar-refractivity contribution in [2.75, 3.05) is 11.9 Å². The van der Waals surface area contributed by atoms with Crippen molar-refractivity contribution in [1.82, 2.24) is 4.98 Å². The lowest BCUT2D eigenvalue weighted by molar-refractivity contribution is 1.13. The number of aromatic nitrogens is 1. The first-order valence-electron chi connectivity index (χ1n) is 5.86. The molecular formula is C14H15BrN2S. The minimum absolute atomic E-state index is 0.893. The number of pyridine rings is 1. The maximum Gasteiger partial charge on any atom is 0.129 e. The Morgan fingerprint density at radius 3 is 2.83 bits per heavy atom. The number of nitrogens with one attached hydrogen (secondary N) is 1. The van der Waals surface area contributed by atoms with E-state index in [9.17, 15) is 0 Å². The Morgan fingerprint density at radius 1 is 1.22 bits per heavy atom. The number of halogens is 1. The predicted molar refractivity (Wildman–Crippen MR) is 82.1 cm³/mol. The number of rotatable bonds is 5. The van der Waals surface area contributed by atoms with E-state index in [4.69, 9.17) is 0 Å². The van der Waals surface area contributed by atoms with Gasteiger partial charge in [-0.25, -0.2) is 4.98 Å². The molecule has 1 heterocycles. The molecule has 0 fully saturated rings. The summed E-state index contributed by atoms with van der Waals surface area (Å²) in [4.78, 5) is 5.62. The Bertz CT molecular complexity index is 517. The number of hydrogen-bond donors (Lipinski definition) is 1. The molecule has 4 heteroatoms. The maximum atomic E-state index is 4.37. The van der Waals surface area contributed by atoms with Crippen LogP contribution in [0.5, 0.6) is 0 Å². The van der Waals surface area contributed by atoms with Gasteiger partial charge in [0.2, 0.25) is 0 Å². The molecule has 2 rings (SSSR count). The highest BCUT2D eigenvalue weighted by Gasteiger charge is 2.04. The van der Waals surface area contributed by atoms with Crippen molar-refractivity contribution >= 4 is 33.5 Å². The van der Waals surface area contributed by atoms with Crippen molar-refractivity contribution < 1.29 is 0 Å². The van der Waals surface area contributed by atoms with Gasteiger partial charge in [-0.3, -0.25) is 0 Å². The zero-order valence-electron chi connectivity index (χ0n) is 10.2. The molecule has 0 aliphatic rings. The second kappa shape index (κ2) is 6.81. The fourth-order valence-corrected chi connectivity index (χ4v) is 3.15. The van der Waals surface area contributed by atoms with Crippen LogP contribution in [-0.4, -0.2) is 11.5 Å². The van der Waals surface area contributed by atoms with Gasteiger partial charge in [0.05, 0.1) is 0 Å². The lowest BCUT2D eigenvalue weighted by atomic mass is 10.3. The largest absolute Gasteiger partial charge is 0.370 e. The molecule has 2 aromatic rings. The Labute approximate surface area is 120 Å². The van der Waals surface area contributed by atoms with E-state index in [1.54, 1.807) is 0 Å². The van der Waals surface area contributed by atoms with Crippen molar-refractivity contribution in [2.45, 2.75) is 17.6 Å². The zero-order chi connectivity index (χ0) is 12.8. The molecule has 0 unspecified atom stereocenters. The molecule has 0 saturated heterocycles. The highest BCUT2D eigenvalue weighted by molar-refractivity contribution is 9.10. The van der Waals surface area contributed by atoms with E-state index in [0.717, 1.165) is 22.6 Å². The van der Waals surface area contributed by atoms with Crippen molar-refractivity contribution in [3.05, 3.63) is 52.6 Å². The Morgan fingerprint density at radius 2 is 2.06 bits per heavy atom. The summed E-state index contributed by atoms with van der Waals surface area (Å²) in [6, 6.07) is 12.4. The summed E-state index contributed by atoms with van der Waals surface area (Å²) >= 11 is 5.38. The molecule has 0 amide bonds. The predicted octanol–water partition coefficient (Wildman–Crippen LogP) is 4.57. The molecule has 0 spiro atoms. The molecule has 0 bridgehead atoms. The van der Waals surface area contributed by atoms with Crippen LogP contribution >= 0.6 is 27.7 Å². The maximum absolute atomic E-state index is 4.37. The molecule has 1 N–H and O–H groups in total. The van der Waals surface area contributed by atoms with Gasteiger partial charge < -0.3 is 5.32 Å². The van der Waals surface area contributed by atoms with E-state index in [-0.39, 0.29) is 0 Å². The summed E-state index contributed by atoms with van der Waals surface area (Å²) in [7, 11) is 0. The molecule has 94 valence electrons. The van der Waals surface area contributed by atoms with Gasteiger partial charge >= 0.3 is 0 Å². The molecule has 1 aromatic carbocycles. The van der Waals surface area contributed by atoms with Crippen molar-refractivity contribution in [1.29, 1.82) is 0 Å². The Kier molecular flexibility index (Phi) is 5.08. The van der Waals surface area contributed by atoms with Crippen LogP contribution in [0.2, 0.25) is 0 Å². The van der Waals surface area contributed by atoms with Crippen LogP contribution in [-0.2, 0) is 5.75 Å². The van der Waals surface area contributed by atoms with Crippen LogP contribution in [0.4, 0.5) is 5.82 Å². The molecule has 18 heavy (non-hydrogen) atoms. The second-order valence-electron chi connectivity index (χ2n) is 3.76. The third-order valence-corrected chi connectivity index (χ3v) is 4.53. The van der Waals surface area contributed by atoms with Gasteiger partial charge in [0.1, 0.15) is 5.82 Å². The Hall–Kier alpha value is -1.00. The van der Waals surface area contributed by atoms with E-state index < -0.39 is 0 Å². The third-order valence-electron chi connectivity index (χ3n) is 2.46. The molecule has 0 atom stereocenters. The van der Waals surface area contributed by atoms with Crippen molar-refractivity contribution in [3.8, 4) is 0 Å². The standard InChI is InChI=1S/C14H15BrN2S/c1-2-16-14-11(6-5-9-17-14)10-18-13-8-4-3-7-12(13)15/h3-9H,2,10H2,1H3,(H,16,17). The molecule has 0 aliphatic heterocycles. The fraction of sp³-hybridized carbons (Fsp3) is 0.214. The monoisotopic (exact) mass is 322 g/mol. The fourth-order valence-electron chi connectivity index (χ4n) is 1.60. The average molecular weight is 323 g/mol. The molecule has 0 radical (unpaired) electrons. The molecule has 2 nitrogen and oxygen atoms in total. The minimum atomic E-state index is 0.893. The van der Waals surface area contributed by atoms with E-state index in [1.165, 1.54) is 10.5 Å². The van der Waals surface area contributed by atoms with Crippen LogP contribution in [0.15, 0.2) is 52.0 Å². The van der Waals surface area contributed by atoms with Crippen molar-refractivity contribution in [3.63, 3.8) is 0 Å². The number of thioether (sulfide) groups is 1. The summed E-state index contributed by atoms with van der Waals surface area (Å²) in [5.41, 5.74) is 1.24. The lowest BCUT2D eigenvalue weighted by Gasteiger charge is -2.09. The van der Waals surface area contributed by atoms with Crippen LogP contribution < -0.4 is 5.32 Å². The summed E-state index contributed by atoms with van der Waals surface area (Å²) in [5.74, 6) is 1.90. The molecule has 1 aromatic heterocycles. The van der Waals surface area contributed by atoms with Gasteiger partial charge in [-0.05, 0) is 41.1 Å². The second-order valence-corrected chi connectivity index (χ2v) is 5.63. The average Bonchev–Trinajstić information content (AvgIpc) is 2.40. The van der Waals surface area contributed by atoms with E-state index >= 15 is 0 Å². The van der Waals surface area contributed by atoms with E-state index in [1.807, 2.05) is 30.1 Å². The molecular weight excluding hydrogens is 308 g/mol. The van der Waals surface area contributed by atoms with E-state index in [2.05, 4.69) is 57.4 Å². The van der Waals surface area contributed by atoms with Gasteiger partial charge in [-0.15, -0.1) is 11.8 Å². The first-order chi connectivity index (χ1) is 8.81. The van der Waals surface area contributed by atoms with Crippen LogP contribution in [0.25, 0.3) is 0 Å². The van der Waals surface area contributed by atoms with Gasteiger partial charge in [-0.1, -0.05) is 18.2 Å². The normalized spacial score (nSPS) is 10.3. The zero-order valence-corrected chi connectivity index (χ0v) is 12.6. The molecule has 0 saturated carbocycles. The minimum Gasteiger partial charge on any atom is -0.370 e. The van der Waals surface area contributed by atoms with Gasteiger partial charge in [0, 0.05) is 33.4 Å². The smallest absolute Gasteiger partial charge is 0.129 e. The van der Waals surface area contributed by atoms with Crippen LogP contribution in [0.3, 0.4) is 0 Å².